The molecule has 5 heteroatoms. The molecule has 1 heterocycles. The van der Waals surface area contributed by atoms with Crippen molar-refractivity contribution in [3.63, 3.8) is 0 Å². The maximum Gasteiger partial charge on any atom is 0.317 e. The van der Waals surface area contributed by atoms with Gasteiger partial charge in [0.2, 0.25) is 0 Å². The summed E-state index contributed by atoms with van der Waals surface area (Å²) in [5.74, 6) is -0.372. The molecule has 1 unspecified atom stereocenters. The molecular formula is C16H24N2O3. The van der Waals surface area contributed by atoms with Crippen LogP contribution in [-0.4, -0.2) is 42.1 Å². The van der Waals surface area contributed by atoms with Gasteiger partial charge in [0.15, 0.2) is 11.6 Å². The van der Waals surface area contributed by atoms with Crippen molar-refractivity contribution in [2.75, 3.05) is 19.6 Å². The highest BCUT2D eigenvalue weighted by molar-refractivity contribution is 6.18. The number of rotatable bonds is 3. The second-order valence-electron chi connectivity index (χ2n) is 7.01. The van der Waals surface area contributed by atoms with Gasteiger partial charge in [-0.25, -0.2) is 4.79 Å². The lowest BCUT2D eigenvalue weighted by Gasteiger charge is -2.27. The van der Waals surface area contributed by atoms with Crippen LogP contribution in [-0.2, 0) is 9.59 Å². The fourth-order valence-electron chi connectivity index (χ4n) is 2.91. The highest BCUT2D eigenvalue weighted by Gasteiger charge is 2.34. The number of nitrogens with one attached hydrogen (secondary N) is 1. The first-order chi connectivity index (χ1) is 9.79. The fraction of sp³-hybridized carbons (Fsp3) is 0.688. The van der Waals surface area contributed by atoms with Crippen LogP contribution in [0, 0.1) is 17.3 Å². The largest absolute Gasteiger partial charge is 0.338 e. The minimum Gasteiger partial charge on any atom is -0.338 e. The lowest BCUT2D eigenvalue weighted by molar-refractivity contribution is -0.125. The van der Waals surface area contributed by atoms with E-state index in [0.717, 1.165) is 19.5 Å². The summed E-state index contributed by atoms with van der Waals surface area (Å²) in [5.41, 5.74) is 0.212. The molecule has 21 heavy (non-hydrogen) atoms. The van der Waals surface area contributed by atoms with Crippen LogP contribution >= 0.6 is 0 Å². The number of carbonyl (C=O) groups excluding carboxylic acids is 3. The molecule has 0 aromatic carbocycles. The molecule has 1 atom stereocenters. The number of allylic oxidation sites excluding steroid dienone is 2. The molecule has 0 aromatic rings. The zero-order valence-corrected chi connectivity index (χ0v) is 13.0. The van der Waals surface area contributed by atoms with E-state index in [1.54, 1.807) is 0 Å². The molecule has 1 N–H and O–H groups in total. The van der Waals surface area contributed by atoms with Crippen LogP contribution in [0.1, 0.15) is 33.6 Å². The molecule has 1 fully saturated rings. The van der Waals surface area contributed by atoms with Crippen molar-refractivity contribution in [1.29, 1.82) is 0 Å². The highest BCUT2D eigenvalue weighted by atomic mass is 16.2. The third kappa shape index (κ3) is 3.71. The molecule has 1 aliphatic carbocycles. The summed E-state index contributed by atoms with van der Waals surface area (Å²) >= 11 is 0. The van der Waals surface area contributed by atoms with Gasteiger partial charge in [-0.05, 0) is 36.3 Å². The molecule has 1 aliphatic heterocycles. The summed E-state index contributed by atoms with van der Waals surface area (Å²) in [4.78, 5) is 36.8. The Morgan fingerprint density at radius 2 is 1.90 bits per heavy atom. The van der Waals surface area contributed by atoms with Crippen molar-refractivity contribution in [3.8, 4) is 0 Å². The van der Waals surface area contributed by atoms with E-state index in [2.05, 4.69) is 26.1 Å². The summed E-state index contributed by atoms with van der Waals surface area (Å²) in [6, 6.07) is -0.0902. The molecule has 2 amide bonds. The van der Waals surface area contributed by atoms with Crippen molar-refractivity contribution >= 4 is 17.6 Å². The van der Waals surface area contributed by atoms with E-state index in [4.69, 9.17) is 0 Å². The van der Waals surface area contributed by atoms with Gasteiger partial charge in [-0.2, -0.15) is 0 Å². The molecule has 0 radical (unpaired) electrons. The number of likely N-dealkylation sites (tertiary alicyclic amines) is 1. The van der Waals surface area contributed by atoms with Crippen molar-refractivity contribution in [2.24, 2.45) is 17.3 Å². The quantitative estimate of drug-likeness (QED) is 0.806. The Hall–Kier alpha value is -1.65. The third-order valence-corrected chi connectivity index (χ3v) is 4.51. The van der Waals surface area contributed by atoms with Crippen LogP contribution in [0.25, 0.3) is 0 Å². The number of carbonyl (C=O) groups is 3. The van der Waals surface area contributed by atoms with Crippen LogP contribution in [0.15, 0.2) is 12.2 Å². The monoisotopic (exact) mass is 292 g/mol. The fourth-order valence-corrected chi connectivity index (χ4v) is 2.91. The first-order valence-corrected chi connectivity index (χ1v) is 7.57. The molecule has 0 spiro atoms. The molecule has 5 nitrogen and oxygen atoms in total. The zero-order chi connectivity index (χ0) is 15.6. The smallest absolute Gasteiger partial charge is 0.317 e. The van der Waals surface area contributed by atoms with Gasteiger partial charge in [-0.1, -0.05) is 20.8 Å². The molecule has 116 valence electrons. The van der Waals surface area contributed by atoms with E-state index in [1.165, 1.54) is 12.2 Å². The van der Waals surface area contributed by atoms with Gasteiger partial charge in [-0.3, -0.25) is 9.59 Å². The van der Waals surface area contributed by atoms with Crippen LogP contribution in [0.2, 0.25) is 0 Å². The number of hydrogen-bond donors (Lipinski definition) is 1. The first kappa shape index (κ1) is 15.7. The summed E-state index contributed by atoms with van der Waals surface area (Å²) < 4.78 is 0. The van der Waals surface area contributed by atoms with Gasteiger partial charge in [-0.15, -0.1) is 0 Å². The predicted molar refractivity (Wildman–Crippen MR) is 79.8 cm³/mol. The molecule has 2 aliphatic rings. The maximum absolute atomic E-state index is 12.1. The Morgan fingerprint density at radius 3 is 2.43 bits per heavy atom. The Bertz CT molecular complexity index is 458. The van der Waals surface area contributed by atoms with E-state index in [1.807, 2.05) is 4.90 Å². The predicted octanol–water partition coefficient (Wildman–Crippen LogP) is 1.78. The standard InChI is InChI=1S/C16H24N2O3/c1-16(2,3)11-7-9-18(10-11)15(21)17-8-6-12-13(19)4-5-14(12)20/h4-5,11-12H,6-10H2,1-3H3,(H,17,21). The van der Waals surface area contributed by atoms with Gasteiger partial charge in [0.05, 0.1) is 5.92 Å². The van der Waals surface area contributed by atoms with Gasteiger partial charge in [0, 0.05) is 19.6 Å². The number of hydrogen-bond acceptors (Lipinski definition) is 3. The Morgan fingerprint density at radius 1 is 1.29 bits per heavy atom. The summed E-state index contributed by atoms with van der Waals surface area (Å²) in [7, 11) is 0. The Kier molecular flexibility index (Phi) is 4.49. The molecule has 0 aromatic heterocycles. The number of nitrogens with zero attached hydrogens (tertiary/aromatic N) is 1. The number of amides is 2. The van der Waals surface area contributed by atoms with Gasteiger partial charge in [0.25, 0.3) is 0 Å². The summed E-state index contributed by atoms with van der Waals surface area (Å²) in [6.07, 6.45) is 4.06. The molecule has 1 saturated heterocycles. The normalized spacial score (nSPS) is 23.2. The summed E-state index contributed by atoms with van der Waals surface area (Å²) in [6.45, 7) is 8.50. The third-order valence-electron chi connectivity index (χ3n) is 4.51. The van der Waals surface area contributed by atoms with Crippen molar-refractivity contribution in [2.45, 2.75) is 33.6 Å². The second kappa shape index (κ2) is 6.00. The molecule has 0 bridgehead atoms. The lowest BCUT2D eigenvalue weighted by Crippen LogP contribution is -2.40. The lowest BCUT2D eigenvalue weighted by atomic mass is 9.80. The van der Waals surface area contributed by atoms with Gasteiger partial charge < -0.3 is 10.2 Å². The van der Waals surface area contributed by atoms with Crippen molar-refractivity contribution in [1.82, 2.24) is 10.2 Å². The number of urea groups is 1. The van der Waals surface area contributed by atoms with E-state index < -0.39 is 5.92 Å². The van der Waals surface area contributed by atoms with Crippen LogP contribution in [0.3, 0.4) is 0 Å². The summed E-state index contributed by atoms with van der Waals surface area (Å²) in [5, 5.41) is 2.82. The van der Waals surface area contributed by atoms with Crippen LogP contribution in [0.5, 0.6) is 0 Å². The maximum atomic E-state index is 12.1. The minimum atomic E-state index is -0.591. The van der Waals surface area contributed by atoms with E-state index in [-0.39, 0.29) is 23.0 Å². The van der Waals surface area contributed by atoms with E-state index in [9.17, 15) is 14.4 Å². The first-order valence-electron chi connectivity index (χ1n) is 7.57. The topological polar surface area (TPSA) is 66.5 Å². The van der Waals surface area contributed by atoms with Gasteiger partial charge in [0.1, 0.15) is 0 Å². The van der Waals surface area contributed by atoms with Crippen molar-refractivity contribution < 1.29 is 14.4 Å². The second-order valence-corrected chi connectivity index (χ2v) is 7.01. The minimum absolute atomic E-state index is 0.0902. The Balaban J connectivity index is 1.74. The molecule has 0 saturated carbocycles. The zero-order valence-electron chi connectivity index (χ0n) is 13.0. The van der Waals surface area contributed by atoms with Crippen molar-refractivity contribution in [3.05, 3.63) is 12.2 Å². The van der Waals surface area contributed by atoms with Crippen LogP contribution in [0.4, 0.5) is 4.79 Å². The number of ketones is 2. The average Bonchev–Trinajstić information content (AvgIpc) is 2.99. The molecule has 2 rings (SSSR count). The van der Waals surface area contributed by atoms with Crippen LogP contribution < -0.4 is 5.32 Å². The Labute approximate surface area is 125 Å². The van der Waals surface area contributed by atoms with E-state index in [0.29, 0.717) is 18.9 Å². The van der Waals surface area contributed by atoms with Gasteiger partial charge >= 0.3 is 6.03 Å². The average molecular weight is 292 g/mol. The SMILES string of the molecule is CC(C)(C)C1CCN(C(=O)NCCC2C(=O)C=CC2=O)C1. The van der Waals surface area contributed by atoms with E-state index >= 15 is 0 Å². The highest BCUT2D eigenvalue weighted by Crippen LogP contribution is 2.33. The molecular weight excluding hydrogens is 268 g/mol.